The van der Waals surface area contributed by atoms with Gasteiger partial charge in [-0.15, -0.1) is 0 Å². The third-order valence-electron chi connectivity index (χ3n) is 4.37. The van der Waals surface area contributed by atoms with E-state index in [2.05, 4.69) is 4.98 Å². The number of fused-ring (bicyclic) bond motifs is 2. The molecule has 4 nitrogen and oxygen atoms in total. The summed E-state index contributed by atoms with van der Waals surface area (Å²) in [6.07, 6.45) is -10.0. The molecule has 2 heterocycles. The summed E-state index contributed by atoms with van der Waals surface area (Å²) in [6.45, 7) is 1.74. The lowest BCUT2D eigenvalue weighted by Gasteiger charge is -2.41. The molecule has 0 saturated carbocycles. The minimum atomic E-state index is -4.83. The molecule has 0 aliphatic carbocycles. The highest BCUT2D eigenvalue weighted by atomic mass is 19.4. The summed E-state index contributed by atoms with van der Waals surface area (Å²) >= 11 is 0. The number of halogens is 6. The van der Waals surface area contributed by atoms with E-state index in [0.29, 0.717) is 6.07 Å². The first kappa shape index (κ1) is 18.4. The van der Waals surface area contributed by atoms with E-state index >= 15 is 0 Å². The van der Waals surface area contributed by atoms with Crippen LogP contribution in [0.5, 0.6) is 5.75 Å². The number of pyridine rings is 1. The smallest absolute Gasteiger partial charge is 0.417 e. The van der Waals surface area contributed by atoms with Crippen LogP contribution < -0.4 is 15.2 Å². The molecule has 0 amide bonds. The minimum absolute atomic E-state index is 0.0117. The monoisotopic (exact) mass is 380 g/mol. The van der Waals surface area contributed by atoms with Gasteiger partial charge in [0.1, 0.15) is 18.4 Å². The second-order valence-corrected chi connectivity index (χ2v) is 6.22. The molecule has 26 heavy (non-hydrogen) atoms. The molecule has 10 heteroatoms. The highest BCUT2D eigenvalue weighted by Crippen LogP contribution is 2.43. The van der Waals surface area contributed by atoms with E-state index in [0.717, 1.165) is 17.0 Å². The fraction of sp³-hybridized carbons (Fsp3) is 0.438. The summed E-state index contributed by atoms with van der Waals surface area (Å²) in [6, 6.07) is 1.79. The Morgan fingerprint density at radius 2 is 1.77 bits per heavy atom. The molecule has 142 valence electrons. The van der Waals surface area contributed by atoms with E-state index in [9.17, 15) is 31.1 Å². The second kappa shape index (κ2) is 5.82. The van der Waals surface area contributed by atoms with E-state index in [1.807, 2.05) is 0 Å². The number of H-pyrrole nitrogens is 1. The minimum Gasteiger partial charge on any atom is -0.486 e. The van der Waals surface area contributed by atoms with Crippen molar-refractivity contribution in [2.45, 2.75) is 38.3 Å². The van der Waals surface area contributed by atoms with Gasteiger partial charge in [0.05, 0.1) is 22.8 Å². The first-order valence-electron chi connectivity index (χ1n) is 7.65. The van der Waals surface area contributed by atoms with E-state index in [1.165, 1.54) is 6.92 Å². The van der Waals surface area contributed by atoms with Gasteiger partial charge in [0.25, 0.3) is 0 Å². The van der Waals surface area contributed by atoms with Crippen LogP contribution in [0.3, 0.4) is 0 Å². The third kappa shape index (κ3) is 3.32. The van der Waals surface area contributed by atoms with Gasteiger partial charge in [0, 0.05) is 17.5 Å². The average Bonchev–Trinajstić information content (AvgIpc) is 2.47. The molecule has 3 rings (SSSR count). The van der Waals surface area contributed by atoms with Crippen LogP contribution in [0.2, 0.25) is 0 Å². The van der Waals surface area contributed by atoms with Crippen molar-refractivity contribution in [3.63, 3.8) is 0 Å². The molecule has 0 fully saturated rings. The Morgan fingerprint density at radius 3 is 2.35 bits per heavy atom. The predicted octanol–water partition coefficient (Wildman–Crippen LogP) is 4.09. The molecule has 1 N–H and O–H groups in total. The molecule has 2 aromatic rings. The maximum Gasteiger partial charge on any atom is 0.417 e. The highest BCUT2D eigenvalue weighted by Gasteiger charge is 2.40. The van der Waals surface area contributed by atoms with Gasteiger partial charge in [-0.3, -0.25) is 4.79 Å². The summed E-state index contributed by atoms with van der Waals surface area (Å²) in [5.74, 6) is -0.0117. The average molecular weight is 380 g/mol. The molecule has 0 spiro atoms. The van der Waals surface area contributed by atoms with Gasteiger partial charge in [-0.1, -0.05) is 0 Å². The lowest BCUT2D eigenvalue weighted by Crippen LogP contribution is -2.50. The number of alkyl halides is 6. The number of nitrogens with zero attached hydrogens (tertiary/aromatic N) is 1. The molecule has 0 saturated heterocycles. The Morgan fingerprint density at radius 1 is 1.12 bits per heavy atom. The van der Waals surface area contributed by atoms with Crippen molar-refractivity contribution in [1.82, 2.24) is 4.98 Å². The van der Waals surface area contributed by atoms with Crippen LogP contribution in [-0.2, 0) is 6.18 Å². The standard InChI is InChI=1S/C16H14F6N2O2/c1-7-8(2)26-13-5-11-9(3-12(13)24(7)6-15(17,18)19)10(16(20,21)22)4-14(25)23-11/h3-5,7-8H,6H2,1-2H3,(H,23,25)/t7-,8?/m0/s1. The van der Waals surface area contributed by atoms with Crippen LogP contribution in [0.15, 0.2) is 23.0 Å². The molecule has 2 atom stereocenters. The number of anilines is 1. The largest absolute Gasteiger partial charge is 0.486 e. The van der Waals surface area contributed by atoms with Gasteiger partial charge >= 0.3 is 12.4 Å². The van der Waals surface area contributed by atoms with Gasteiger partial charge in [0.15, 0.2) is 0 Å². The summed E-state index contributed by atoms with van der Waals surface area (Å²) in [5, 5.41) is -0.395. The van der Waals surface area contributed by atoms with Crippen LogP contribution in [0.1, 0.15) is 19.4 Å². The molecule has 1 aliphatic rings. The van der Waals surface area contributed by atoms with Crippen molar-refractivity contribution in [1.29, 1.82) is 0 Å². The fourth-order valence-corrected chi connectivity index (χ4v) is 3.02. The summed E-state index contributed by atoms with van der Waals surface area (Å²) in [5.41, 5.74) is -2.43. The second-order valence-electron chi connectivity index (χ2n) is 6.22. The van der Waals surface area contributed by atoms with Crippen LogP contribution in [0, 0.1) is 0 Å². The van der Waals surface area contributed by atoms with Crippen LogP contribution in [0.25, 0.3) is 10.9 Å². The van der Waals surface area contributed by atoms with Crippen molar-refractivity contribution >= 4 is 16.6 Å². The van der Waals surface area contributed by atoms with Crippen molar-refractivity contribution in [3.05, 3.63) is 34.1 Å². The van der Waals surface area contributed by atoms with Crippen LogP contribution in [0.4, 0.5) is 32.0 Å². The Kier molecular flexibility index (Phi) is 4.12. The van der Waals surface area contributed by atoms with Crippen molar-refractivity contribution in [2.24, 2.45) is 0 Å². The summed E-state index contributed by atoms with van der Waals surface area (Å²) in [4.78, 5) is 14.8. The number of aromatic nitrogens is 1. The van der Waals surface area contributed by atoms with E-state index in [4.69, 9.17) is 4.74 Å². The van der Waals surface area contributed by atoms with Gasteiger partial charge in [-0.2, -0.15) is 26.3 Å². The van der Waals surface area contributed by atoms with Gasteiger partial charge in [-0.25, -0.2) is 0 Å². The van der Waals surface area contributed by atoms with Gasteiger partial charge < -0.3 is 14.6 Å². The lowest BCUT2D eigenvalue weighted by molar-refractivity contribution is -0.136. The van der Waals surface area contributed by atoms with E-state index in [1.54, 1.807) is 6.92 Å². The molecular weight excluding hydrogens is 366 g/mol. The molecule has 0 radical (unpaired) electrons. The molecule has 1 aromatic carbocycles. The number of aromatic amines is 1. The zero-order valence-corrected chi connectivity index (χ0v) is 13.6. The Balaban J connectivity index is 2.27. The number of hydrogen-bond donors (Lipinski definition) is 1. The van der Waals surface area contributed by atoms with Gasteiger partial charge in [-0.05, 0) is 19.9 Å². The number of rotatable bonds is 1. The van der Waals surface area contributed by atoms with Crippen molar-refractivity contribution in [3.8, 4) is 5.75 Å². The molecule has 0 bridgehead atoms. The fourth-order valence-electron chi connectivity index (χ4n) is 3.02. The normalized spacial score (nSPS) is 20.8. The highest BCUT2D eigenvalue weighted by molar-refractivity contribution is 5.89. The van der Waals surface area contributed by atoms with Crippen molar-refractivity contribution in [2.75, 3.05) is 11.4 Å². The molecule has 1 aromatic heterocycles. The maximum atomic E-state index is 13.3. The zero-order chi connectivity index (χ0) is 19.4. The number of hydrogen-bond acceptors (Lipinski definition) is 3. The van der Waals surface area contributed by atoms with Crippen molar-refractivity contribution < 1.29 is 31.1 Å². The van der Waals surface area contributed by atoms with Gasteiger partial charge in [0.2, 0.25) is 5.56 Å². The first-order chi connectivity index (χ1) is 11.9. The number of benzene rings is 1. The molecular formula is C16H14F6N2O2. The van der Waals surface area contributed by atoms with E-state index < -0.39 is 47.6 Å². The topological polar surface area (TPSA) is 45.3 Å². The SMILES string of the molecule is CC1Oc2cc3[nH]c(=O)cc(C(F)(F)F)c3cc2N(CC(F)(F)F)[C@H]1C. The lowest BCUT2D eigenvalue weighted by atomic mass is 10.0. The predicted molar refractivity (Wildman–Crippen MR) is 82.5 cm³/mol. The van der Waals surface area contributed by atoms with Crippen LogP contribution in [-0.4, -0.2) is 29.9 Å². The van der Waals surface area contributed by atoms with E-state index in [-0.39, 0.29) is 17.0 Å². The number of ether oxygens (including phenoxy) is 1. The Bertz CT molecular complexity index is 902. The summed E-state index contributed by atoms with van der Waals surface area (Å²) in [7, 11) is 0. The Labute approximate surface area is 143 Å². The number of nitrogens with one attached hydrogen (secondary N) is 1. The first-order valence-corrected chi connectivity index (χ1v) is 7.65. The maximum absolute atomic E-state index is 13.3. The third-order valence-corrected chi connectivity index (χ3v) is 4.37. The molecule has 1 unspecified atom stereocenters. The van der Waals surface area contributed by atoms with Crippen LogP contribution >= 0.6 is 0 Å². The zero-order valence-electron chi connectivity index (χ0n) is 13.6. The summed E-state index contributed by atoms with van der Waals surface area (Å²) < 4.78 is 84.2. The molecule has 1 aliphatic heterocycles. The Hall–Kier alpha value is -2.39. The quantitative estimate of drug-likeness (QED) is 0.759.